The van der Waals surface area contributed by atoms with Gasteiger partial charge in [0.2, 0.25) is 0 Å². The first-order valence-corrected chi connectivity index (χ1v) is 3.87. The molecule has 0 aliphatic carbocycles. The third kappa shape index (κ3) is 2.28. The van der Waals surface area contributed by atoms with Gasteiger partial charge in [-0.3, -0.25) is 0 Å². The zero-order valence-corrected chi connectivity index (χ0v) is 6.21. The number of hydrogen-bond acceptors (Lipinski definition) is 5. The molecule has 0 aromatic carbocycles. The Morgan fingerprint density at radius 3 is 2.70 bits per heavy atom. The molecule has 5 heteroatoms. The molecule has 0 fully saturated rings. The van der Waals surface area contributed by atoms with E-state index in [0.717, 1.165) is 10.9 Å². The third-order valence-electron chi connectivity index (χ3n) is 0.819. The van der Waals surface area contributed by atoms with E-state index >= 15 is 0 Å². The number of rotatable bonds is 3. The largest absolute Gasteiger partial charge is 0.330 e. The fraction of sp³-hybridized carbons (Fsp3) is 0.400. The topological polar surface area (TPSA) is 64.7 Å². The highest BCUT2D eigenvalue weighted by Crippen LogP contribution is 2.07. The van der Waals surface area contributed by atoms with Crippen molar-refractivity contribution >= 4 is 11.8 Å². The molecular weight excluding hydrogens is 148 g/mol. The van der Waals surface area contributed by atoms with Gasteiger partial charge in [0.25, 0.3) is 0 Å². The van der Waals surface area contributed by atoms with E-state index in [1.165, 1.54) is 24.4 Å². The first-order valence-electron chi connectivity index (χ1n) is 2.88. The Kier molecular flexibility index (Phi) is 3.11. The molecule has 54 valence electrons. The van der Waals surface area contributed by atoms with Crippen LogP contribution < -0.4 is 5.73 Å². The predicted molar refractivity (Wildman–Crippen MR) is 39.6 cm³/mol. The van der Waals surface area contributed by atoms with Crippen molar-refractivity contribution in [3.63, 3.8) is 0 Å². The summed E-state index contributed by atoms with van der Waals surface area (Å²) in [5, 5.41) is 0.737. The lowest BCUT2D eigenvalue weighted by Gasteiger charge is -1.93. The number of aromatic nitrogens is 3. The molecule has 0 spiro atoms. The molecule has 0 saturated heterocycles. The maximum absolute atomic E-state index is 5.28. The SMILES string of the molecule is NCCSc1ncncn1. The summed E-state index contributed by atoms with van der Waals surface area (Å²) in [4.78, 5) is 11.5. The van der Waals surface area contributed by atoms with Gasteiger partial charge in [0.15, 0.2) is 5.16 Å². The molecule has 0 amide bonds. The minimum atomic E-state index is 0.649. The molecule has 0 unspecified atom stereocenters. The van der Waals surface area contributed by atoms with Crippen LogP contribution in [0.4, 0.5) is 0 Å². The number of hydrogen-bond donors (Lipinski definition) is 1. The van der Waals surface area contributed by atoms with E-state index in [1.807, 2.05) is 0 Å². The first-order chi connectivity index (χ1) is 4.93. The standard InChI is InChI=1S/C5H8N4S/c6-1-2-10-5-8-3-7-4-9-5/h3-4H,1-2,6H2. The van der Waals surface area contributed by atoms with E-state index in [1.54, 1.807) is 0 Å². The smallest absolute Gasteiger partial charge is 0.190 e. The van der Waals surface area contributed by atoms with Crippen molar-refractivity contribution in [2.24, 2.45) is 5.73 Å². The van der Waals surface area contributed by atoms with Crippen molar-refractivity contribution in [3.8, 4) is 0 Å². The van der Waals surface area contributed by atoms with Crippen LogP contribution in [0.1, 0.15) is 0 Å². The molecule has 1 rings (SSSR count). The molecule has 1 aromatic rings. The Morgan fingerprint density at radius 1 is 1.40 bits per heavy atom. The van der Waals surface area contributed by atoms with Crippen LogP contribution >= 0.6 is 11.8 Å². The third-order valence-corrected chi connectivity index (χ3v) is 1.73. The Bertz CT molecular complexity index is 178. The second kappa shape index (κ2) is 4.19. The number of nitrogens with two attached hydrogens (primary N) is 1. The van der Waals surface area contributed by atoms with Crippen LogP contribution in [0.25, 0.3) is 0 Å². The number of nitrogens with zero attached hydrogens (tertiary/aromatic N) is 3. The molecule has 0 aliphatic rings. The maximum atomic E-state index is 5.28. The average Bonchev–Trinajstić information content (AvgIpc) is 2.03. The van der Waals surface area contributed by atoms with Gasteiger partial charge in [-0.2, -0.15) is 0 Å². The van der Waals surface area contributed by atoms with Crippen molar-refractivity contribution < 1.29 is 0 Å². The van der Waals surface area contributed by atoms with Gasteiger partial charge in [-0.25, -0.2) is 15.0 Å². The molecule has 0 aliphatic heterocycles. The van der Waals surface area contributed by atoms with Crippen LogP contribution in [0.2, 0.25) is 0 Å². The van der Waals surface area contributed by atoms with Gasteiger partial charge in [-0.1, -0.05) is 11.8 Å². The van der Waals surface area contributed by atoms with Crippen LogP contribution in [0.3, 0.4) is 0 Å². The average molecular weight is 156 g/mol. The van der Waals surface area contributed by atoms with Crippen LogP contribution in [-0.4, -0.2) is 27.2 Å². The van der Waals surface area contributed by atoms with Crippen molar-refractivity contribution in [1.29, 1.82) is 0 Å². The van der Waals surface area contributed by atoms with E-state index in [2.05, 4.69) is 15.0 Å². The normalized spacial score (nSPS) is 9.70. The molecule has 1 aromatic heterocycles. The second-order valence-electron chi connectivity index (χ2n) is 1.56. The molecule has 2 N–H and O–H groups in total. The minimum Gasteiger partial charge on any atom is -0.330 e. The predicted octanol–water partition coefficient (Wildman–Crippen LogP) is -0.0776. The molecule has 0 atom stereocenters. The van der Waals surface area contributed by atoms with Crippen molar-refractivity contribution in [2.45, 2.75) is 5.16 Å². The zero-order valence-electron chi connectivity index (χ0n) is 5.40. The summed E-state index contributed by atoms with van der Waals surface area (Å²) in [6.07, 6.45) is 2.96. The second-order valence-corrected chi connectivity index (χ2v) is 2.62. The quantitative estimate of drug-likeness (QED) is 0.620. The highest BCUT2D eigenvalue weighted by molar-refractivity contribution is 7.99. The summed E-state index contributed by atoms with van der Waals surface area (Å²) < 4.78 is 0. The zero-order chi connectivity index (χ0) is 7.23. The summed E-state index contributed by atoms with van der Waals surface area (Å²) in [6.45, 7) is 0.649. The van der Waals surface area contributed by atoms with Crippen molar-refractivity contribution in [2.75, 3.05) is 12.3 Å². The highest BCUT2D eigenvalue weighted by atomic mass is 32.2. The Labute approximate surface area is 63.3 Å². The van der Waals surface area contributed by atoms with Gasteiger partial charge >= 0.3 is 0 Å². The van der Waals surface area contributed by atoms with Gasteiger partial charge in [0.05, 0.1) is 0 Å². The molecule has 10 heavy (non-hydrogen) atoms. The van der Waals surface area contributed by atoms with E-state index in [-0.39, 0.29) is 0 Å². The van der Waals surface area contributed by atoms with E-state index in [0.29, 0.717) is 6.54 Å². The van der Waals surface area contributed by atoms with Crippen LogP contribution in [-0.2, 0) is 0 Å². The summed E-state index contributed by atoms with van der Waals surface area (Å²) in [7, 11) is 0. The monoisotopic (exact) mass is 156 g/mol. The lowest BCUT2D eigenvalue weighted by atomic mass is 10.8. The summed E-state index contributed by atoms with van der Waals surface area (Å²) in [5.74, 6) is 0.851. The number of thioether (sulfide) groups is 1. The molecule has 0 radical (unpaired) electrons. The molecule has 0 saturated carbocycles. The maximum Gasteiger partial charge on any atom is 0.190 e. The van der Waals surface area contributed by atoms with Gasteiger partial charge in [0, 0.05) is 12.3 Å². The lowest BCUT2D eigenvalue weighted by molar-refractivity contribution is 0.901. The van der Waals surface area contributed by atoms with Crippen LogP contribution in [0.15, 0.2) is 17.8 Å². The molecule has 4 nitrogen and oxygen atoms in total. The van der Waals surface area contributed by atoms with E-state index in [4.69, 9.17) is 5.73 Å². The van der Waals surface area contributed by atoms with Gasteiger partial charge < -0.3 is 5.73 Å². The lowest BCUT2D eigenvalue weighted by Crippen LogP contribution is -2.01. The van der Waals surface area contributed by atoms with Gasteiger partial charge in [0.1, 0.15) is 12.7 Å². The first kappa shape index (κ1) is 7.43. The highest BCUT2D eigenvalue weighted by Gasteiger charge is 1.91. The summed E-state index contributed by atoms with van der Waals surface area (Å²) in [6, 6.07) is 0. The van der Waals surface area contributed by atoms with Crippen LogP contribution in [0.5, 0.6) is 0 Å². The Hall–Kier alpha value is -0.680. The molecular formula is C5H8N4S. The molecule has 1 heterocycles. The van der Waals surface area contributed by atoms with Gasteiger partial charge in [-0.05, 0) is 0 Å². The Morgan fingerprint density at radius 2 is 2.10 bits per heavy atom. The van der Waals surface area contributed by atoms with Crippen LogP contribution in [0, 0.1) is 0 Å². The minimum absolute atomic E-state index is 0.649. The fourth-order valence-electron chi connectivity index (χ4n) is 0.453. The molecule has 0 bridgehead atoms. The fourth-order valence-corrected chi connectivity index (χ4v) is 0.997. The van der Waals surface area contributed by atoms with Crippen molar-refractivity contribution in [3.05, 3.63) is 12.7 Å². The Balaban J connectivity index is 2.43. The van der Waals surface area contributed by atoms with E-state index in [9.17, 15) is 0 Å². The summed E-state index contributed by atoms with van der Waals surface area (Å²) in [5.41, 5.74) is 5.28. The van der Waals surface area contributed by atoms with Crippen molar-refractivity contribution in [1.82, 2.24) is 15.0 Å². The summed E-state index contributed by atoms with van der Waals surface area (Å²) >= 11 is 1.53. The van der Waals surface area contributed by atoms with E-state index < -0.39 is 0 Å². The van der Waals surface area contributed by atoms with Gasteiger partial charge in [-0.15, -0.1) is 0 Å².